The number of fused-ring (bicyclic) bond motifs is 1. The lowest BCUT2D eigenvalue weighted by atomic mass is 9.98. The highest BCUT2D eigenvalue weighted by molar-refractivity contribution is 5.91. The third kappa shape index (κ3) is 5.28. The molecule has 154 valence electrons. The third-order valence-electron chi connectivity index (χ3n) is 5.66. The van der Waals surface area contributed by atoms with Crippen LogP contribution in [0, 0.1) is 6.92 Å². The fraction of sp³-hybridized carbons (Fsp3) is 0.269. The number of aryl methyl sites for hydroxylation is 2. The van der Waals surface area contributed by atoms with Crippen LogP contribution in [0.4, 0.5) is 5.69 Å². The largest absolute Gasteiger partial charge is 0.508 e. The van der Waals surface area contributed by atoms with E-state index in [2.05, 4.69) is 53.5 Å². The summed E-state index contributed by atoms with van der Waals surface area (Å²) < 4.78 is 0. The van der Waals surface area contributed by atoms with Gasteiger partial charge in [0.1, 0.15) is 5.75 Å². The zero-order chi connectivity index (χ0) is 20.9. The van der Waals surface area contributed by atoms with E-state index in [1.54, 1.807) is 6.07 Å². The van der Waals surface area contributed by atoms with Crippen LogP contribution in [0.2, 0.25) is 0 Å². The summed E-state index contributed by atoms with van der Waals surface area (Å²) in [6.07, 6.45) is 2.22. The molecule has 1 aliphatic rings. The molecule has 1 heterocycles. The van der Waals surface area contributed by atoms with Gasteiger partial charge in [0.15, 0.2) is 0 Å². The first kappa shape index (κ1) is 20.2. The molecule has 0 fully saturated rings. The number of anilines is 1. The zero-order valence-electron chi connectivity index (χ0n) is 17.4. The molecule has 0 unspecified atom stereocenters. The number of hydrogen-bond acceptors (Lipinski definition) is 3. The highest BCUT2D eigenvalue weighted by Gasteiger charge is 2.17. The molecule has 0 saturated heterocycles. The fourth-order valence-corrected chi connectivity index (χ4v) is 3.98. The zero-order valence-corrected chi connectivity index (χ0v) is 17.4. The topological polar surface area (TPSA) is 52.6 Å². The Kier molecular flexibility index (Phi) is 6.15. The van der Waals surface area contributed by atoms with Crippen molar-refractivity contribution in [1.82, 2.24) is 4.90 Å². The number of benzene rings is 3. The van der Waals surface area contributed by atoms with Crippen LogP contribution in [0.15, 0.2) is 66.7 Å². The lowest BCUT2D eigenvalue weighted by Crippen LogP contribution is -2.30. The number of amides is 1. The molecule has 3 aromatic rings. The molecule has 4 rings (SSSR count). The molecule has 0 bridgehead atoms. The Balaban J connectivity index is 1.35. The molecule has 1 amide bonds. The first-order valence-electron chi connectivity index (χ1n) is 10.5. The molecule has 30 heavy (non-hydrogen) atoms. The van der Waals surface area contributed by atoms with Gasteiger partial charge in [0, 0.05) is 31.7 Å². The molecule has 0 aliphatic carbocycles. The highest BCUT2D eigenvalue weighted by atomic mass is 16.3. The van der Waals surface area contributed by atoms with Gasteiger partial charge in [0.2, 0.25) is 5.91 Å². The van der Waals surface area contributed by atoms with Crippen molar-refractivity contribution in [2.24, 2.45) is 0 Å². The molecule has 4 nitrogen and oxygen atoms in total. The molecule has 0 radical (unpaired) electrons. The standard InChI is InChI=1S/C26H28N2O2/c1-19-5-7-20(8-6-19)9-12-26(30)27-24-11-10-22-13-14-28(18-23(22)16-24)17-21-3-2-4-25(29)15-21/h2-8,10-11,15-16,29H,9,12-14,17-18H2,1H3,(H,27,30). The van der Waals surface area contributed by atoms with Gasteiger partial charge in [0.05, 0.1) is 0 Å². The van der Waals surface area contributed by atoms with Crippen LogP contribution >= 0.6 is 0 Å². The smallest absolute Gasteiger partial charge is 0.224 e. The first-order chi connectivity index (χ1) is 14.5. The van der Waals surface area contributed by atoms with E-state index in [1.807, 2.05) is 24.3 Å². The van der Waals surface area contributed by atoms with Crippen LogP contribution in [0.5, 0.6) is 5.75 Å². The van der Waals surface area contributed by atoms with Crippen LogP contribution in [0.25, 0.3) is 0 Å². The normalized spacial score (nSPS) is 13.6. The summed E-state index contributed by atoms with van der Waals surface area (Å²) in [5.41, 5.74) is 7.00. The number of phenolic OH excluding ortho intramolecular Hbond substituents is 1. The molecular formula is C26H28N2O2. The second kappa shape index (κ2) is 9.14. The Bertz CT molecular complexity index is 1030. The number of carbonyl (C=O) groups is 1. The number of rotatable bonds is 6. The highest BCUT2D eigenvalue weighted by Crippen LogP contribution is 2.24. The predicted molar refractivity (Wildman–Crippen MR) is 120 cm³/mol. The number of nitrogens with one attached hydrogen (secondary N) is 1. The minimum Gasteiger partial charge on any atom is -0.508 e. The number of phenols is 1. The molecule has 1 aliphatic heterocycles. The van der Waals surface area contributed by atoms with Gasteiger partial charge < -0.3 is 10.4 Å². The Morgan fingerprint density at radius 3 is 2.63 bits per heavy atom. The summed E-state index contributed by atoms with van der Waals surface area (Å²) in [6, 6.07) is 22.0. The van der Waals surface area contributed by atoms with Crippen molar-refractivity contribution in [1.29, 1.82) is 0 Å². The van der Waals surface area contributed by atoms with Crippen molar-refractivity contribution < 1.29 is 9.90 Å². The maximum absolute atomic E-state index is 12.4. The Hall–Kier alpha value is -3.11. The fourth-order valence-electron chi connectivity index (χ4n) is 3.98. The summed E-state index contributed by atoms with van der Waals surface area (Å²) in [5.74, 6) is 0.350. The molecule has 0 atom stereocenters. The quantitative estimate of drug-likeness (QED) is 0.623. The van der Waals surface area contributed by atoms with Crippen molar-refractivity contribution in [3.63, 3.8) is 0 Å². The second-order valence-corrected chi connectivity index (χ2v) is 8.15. The average molecular weight is 401 g/mol. The van der Waals surface area contributed by atoms with E-state index >= 15 is 0 Å². The first-order valence-corrected chi connectivity index (χ1v) is 10.5. The summed E-state index contributed by atoms with van der Waals surface area (Å²) >= 11 is 0. The maximum atomic E-state index is 12.4. The van der Waals surface area contributed by atoms with Crippen LogP contribution in [0.3, 0.4) is 0 Å². The molecule has 0 spiro atoms. The Morgan fingerprint density at radius 2 is 1.83 bits per heavy atom. The summed E-state index contributed by atoms with van der Waals surface area (Å²) in [7, 11) is 0. The monoisotopic (exact) mass is 400 g/mol. The van der Waals surface area contributed by atoms with Crippen molar-refractivity contribution in [3.8, 4) is 5.75 Å². The van der Waals surface area contributed by atoms with Crippen molar-refractivity contribution in [3.05, 3.63) is 94.5 Å². The van der Waals surface area contributed by atoms with Gasteiger partial charge in [-0.2, -0.15) is 0 Å². The molecule has 0 saturated carbocycles. The van der Waals surface area contributed by atoms with E-state index < -0.39 is 0 Å². The number of nitrogens with zero attached hydrogens (tertiary/aromatic N) is 1. The summed E-state index contributed by atoms with van der Waals surface area (Å²) in [6.45, 7) is 4.71. The van der Waals surface area contributed by atoms with Crippen LogP contribution in [0.1, 0.15) is 34.2 Å². The van der Waals surface area contributed by atoms with E-state index in [0.717, 1.165) is 43.7 Å². The van der Waals surface area contributed by atoms with Crippen molar-refractivity contribution >= 4 is 11.6 Å². The van der Waals surface area contributed by atoms with E-state index in [1.165, 1.54) is 22.3 Å². The van der Waals surface area contributed by atoms with Gasteiger partial charge in [-0.3, -0.25) is 9.69 Å². The van der Waals surface area contributed by atoms with Gasteiger partial charge in [-0.15, -0.1) is 0 Å². The van der Waals surface area contributed by atoms with Crippen molar-refractivity contribution in [2.75, 3.05) is 11.9 Å². The molecular weight excluding hydrogens is 372 g/mol. The lowest BCUT2D eigenvalue weighted by molar-refractivity contribution is -0.116. The summed E-state index contributed by atoms with van der Waals surface area (Å²) in [5, 5.41) is 12.7. The van der Waals surface area contributed by atoms with Gasteiger partial charge >= 0.3 is 0 Å². The van der Waals surface area contributed by atoms with Gasteiger partial charge in [0.25, 0.3) is 0 Å². The molecule has 2 N–H and O–H groups in total. The number of aromatic hydroxyl groups is 1. The van der Waals surface area contributed by atoms with Crippen LogP contribution < -0.4 is 5.32 Å². The van der Waals surface area contributed by atoms with E-state index in [0.29, 0.717) is 12.2 Å². The number of carbonyl (C=O) groups excluding carboxylic acids is 1. The van der Waals surface area contributed by atoms with Gasteiger partial charge in [-0.25, -0.2) is 0 Å². The number of hydrogen-bond donors (Lipinski definition) is 2. The summed E-state index contributed by atoms with van der Waals surface area (Å²) in [4.78, 5) is 14.8. The average Bonchev–Trinajstić information content (AvgIpc) is 2.73. The SMILES string of the molecule is Cc1ccc(CCC(=O)Nc2ccc3c(c2)CN(Cc2cccc(O)c2)CC3)cc1. The van der Waals surface area contributed by atoms with E-state index in [9.17, 15) is 9.90 Å². The van der Waals surface area contributed by atoms with Crippen LogP contribution in [-0.4, -0.2) is 22.5 Å². The van der Waals surface area contributed by atoms with E-state index in [4.69, 9.17) is 0 Å². The van der Waals surface area contributed by atoms with E-state index in [-0.39, 0.29) is 5.91 Å². The van der Waals surface area contributed by atoms with Crippen molar-refractivity contribution in [2.45, 2.75) is 39.3 Å². The lowest BCUT2D eigenvalue weighted by Gasteiger charge is -2.29. The van der Waals surface area contributed by atoms with Crippen LogP contribution in [-0.2, 0) is 30.7 Å². The minimum atomic E-state index is 0.0444. The molecule has 0 aromatic heterocycles. The van der Waals surface area contributed by atoms with Gasteiger partial charge in [-0.05, 0) is 66.3 Å². The molecule has 4 heteroatoms. The minimum absolute atomic E-state index is 0.0444. The predicted octanol–water partition coefficient (Wildman–Crippen LogP) is 4.83. The second-order valence-electron chi connectivity index (χ2n) is 8.15. The molecule has 3 aromatic carbocycles. The van der Waals surface area contributed by atoms with Gasteiger partial charge in [-0.1, -0.05) is 48.0 Å². The Labute approximate surface area is 178 Å². The maximum Gasteiger partial charge on any atom is 0.224 e. The Morgan fingerprint density at radius 1 is 1.00 bits per heavy atom. The third-order valence-corrected chi connectivity index (χ3v) is 5.66.